The van der Waals surface area contributed by atoms with Crippen LogP contribution in [0.4, 0.5) is 5.95 Å². The van der Waals surface area contributed by atoms with Gasteiger partial charge in [-0.1, -0.05) is 49.6 Å². The van der Waals surface area contributed by atoms with E-state index in [1.54, 1.807) is 12.3 Å². The van der Waals surface area contributed by atoms with E-state index in [4.69, 9.17) is 0 Å². The first-order chi connectivity index (χ1) is 15.0. The standard InChI is InChI=1S/C24H27N5O2/c1-16(2)29-21(30)14-13-20(28-29)19-15-25-24(26-22(19)17-9-5-3-6-10-17)27-23(31)18-11-7-4-8-12-18/h3,5-6,9-10,13-16,18H,4,7-8,11-12H2,1-2H3,(H,25,26,27,31). The Morgan fingerprint density at radius 2 is 1.81 bits per heavy atom. The van der Waals surface area contributed by atoms with Gasteiger partial charge in [0.25, 0.3) is 5.56 Å². The third kappa shape index (κ3) is 4.71. The average molecular weight is 418 g/mol. The Morgan fingerprint density at radius 3 is 2.52 bits per heavy atom. The van der Waals surface area contributed by atoms with Gasteiger partial charge in [-0.15, -0.1) is 0 Å². The third-order valence-electron chi connectivity index (χ3n) is 5.64. The van der Waals surface area contributed by atoms with Crippen molar-refractivity contribution in [2.24, 2.45) is 5.92 Å². The molecule has 1 fully saturated rings. The largest absolute Gasteiger partial charge is 0.294 e. The predicted molar refractivity (Wildman–Crippen MR) is 121 cm³/mol. The minimum atomic E-state index is -0.155. The van der Waals surface area contributed by atoms with E-state index in [-0.39, 0.29) is 29.4 Å². The first-order valence-electron chi connectivity index (χ1n) is 10.9. The molecule has 0 saturated heterocycles. The van der Waals surface area contributed by atoms with Crippen LogP contribution in [0, 0.1) is 5.92 Å². The second-order valence-corrected chi connectivity index (χ2v) is 8.24. The summed E-state index contributed by atoms with van der Waals surface area (Å²) in [6, 6.07) is 12.8. The molecule has 3 aromatic rings. The number of hydrogen-bond donors (Lipinski definition) is 1. The lowest BCUT2D eigenvalue weighted by atomic mass is 9.89. The van der Waals surface area contributed by atoms with Gasteiger partial charge in [0.15, 0.2) is 0 Å². The molecule has 1 N–H and O–H groups in total. The smallest absolute Gasteiger partial charge is 0.267 e. The zero-order valence-corrected chi connectivity index (χ0v) is 17.9. The molecule has 0 aliphatic heterocycles. The number of carbonyl (C=O) groups is 1. The van der Waals surface area contributed by atoms with Crippen LogP contribution in [0.15, 0.2) is 53.5 Å². The van der Waals surface area contributed by atoms with Crippen molar-refractivity contribution in [3.05, 3.63) is 59.0 Å². The summed E-state index contributed by atoms with van der Waals surface area (Å²) in [4.78, 5) is 33.9. The molecule has 0 bridgehead atoms. The molecular weight excluding hydrogens is 390 g/mol. The van der Waals surface area contributed by atoms with Crippen LogP contribution in [-0.4, -0.2) is 25.7 Å². The van der Waals surface area contributed by atoms with Gasteiger partial charge in [0.1, 0.15) is 0 Å². The van der Waals surface area contributed by atoms with Crippen LogP contribution in [0.3, 0.4) is 0 Å². The predicted octanol–water partition coefficient (Wildman–Crippen LogP) is 4.47. The fourth-order valence-corrected chi connectivity index (χ4v) is 3.96. The van der Waals surface area contributed by atoms with Crippen molar-refractivity contribution in [3.63, 3.8) is 0 Å². The number of anilines is 1. The van der Waals surface area contributed by atoms with Crippen molar-refractivity contribution < 1.29 is 4.79 Å². The summed E-state index contributed by atoms with van der Waals surface area (Å²) in [6.07, 6.45) is 6.86. The zero-order chi connectivity index (χ0) is 21.8. The second kappa shape index (κ2) is 9.20. The van der Waals surface area contributed by atoms with Gasteiger partial charge in [-0.25, -0.2) is 14.6 Å². The quantitative estimate of drug-likeness (QED) is 0.662. The molecule has 1 aliphatic carbocycles. The maximum atomic E-state index is 12.7. The monoisotopic (exact) mass is 417 g/mol. The summed E-state index contributed by atoms with van der Waals surface area (Å²) in [5.74, 6) is 0.293. The van der Waals surface area contributed by atoms with Crippen molar-refractivity contribution >= 4 is 11.9 Å². The topological polar surface area (TPSA) is 89.8 Å². The third-order valence-corrected chi connectivity index (χ3v) is 5.64. The fraction of sp³-hybridized carbons (Fsp3) is 0.375. The SMILES string of the molecule is CC(C)n1nc(-c2cnc(NC(=O)C3CCCCC3)nc2-c2ccccc2)ccc1=O. The van der Waals surface area contributed by atoms with Gasteiger partial charge in [0.2, 0.25) is 11.9 Å². The van der Waals surface area contributed by atoms with Crippen LogP contribution in [0.25, 0.3) is 22.5 Å². The first-order valence-corrected chi connectivity index (χ1v) is 10.9. The van der Waals surface area contributed by atoms with Gasteiger partial charge >= 0.3 is 0 Å². The molecule has 0 atom stereocenters. The summed E-state index contributed by atoms with van der Waals surface area (Å²) >= 11 is 0. The summed E-state index contributed by atoms with van der Waals surface area (Å²) in [5.41, 5.74) is 2.71. The second-order valence-electron chi connectivity index (χ2n) is 8.24. The molecule has 1 aliphatic rings. The van der Waals surface area contributed by atoms with Crippen molar-refractivity contribution in [1.29, 1.82) is 0 Å². The molecule has 4 rings (SSSR count). The van der Waals surface area contributed by atoms with Crippen LogP contribution < -0.4 is 10.9 Å². The normalized spacial score (nSPS) is 14.5. The highest BCUT2D eigenvalue weighted by Crippen LogP contribution is 2.30. The molecule has 7 nitrogen and oxygen atoms in total. The number of amides is 1. The Balaban J connectivity index is 1.73. The van der Waals surface area contributed by atoms with Crippen molar-refractivity contribution in [1.82, 2.24) is 19.7 Å². The molecule has 0 radical (unpaired) electrons. The molecule has 7 heteroatoms. The van der Waals surface area contributed by atoms with E-state index in [9.17, 15) is 9.59 Å². The van der Waals surface area contributed by atoms with Crippen molar-refractivity contribution in [3.8, 4) is 22.5 Å². The molecule has 1 saturated carbocycles. The first kappa shape index (κ1) is 20.9. The Hall–Kier alpha value is -3.35. The Morgan fingerprint density at radius 1 is 1.06 bits per heavy atom. The van der Waals surface area contributed by atoms with E-state index >= 15 is 0 Å². The molecule has 31 heavy (non-hydrogen) atoms. The lowest BCUT2D eigenvalue weighted by molar-refractivity contribution is -0.120. The lowest BCUT2D eigenvalue weighted by Gasteiger charge is -2.20. The number of hydrogen-bond acceptors (Lipinski definition) is 5. The van der Waals surface area contributed by atoms with E-state index in [1.165, 1.54) is 17.2 Å². The molecule has 160 valence electrons. The van der Waals surface area contributed by atoms with E-state index in [2.05, 4.69) is 20.4 Å². The zero-order valence-electron chi connectivity index (χ0n) is 17.9. The van der Waals surface area contributed by atoms with E-state index in [0.717, 1.165) is 31.2 Å². The molecule has 0 unspecified atom stereocenters. The van der Waals surface area contributed by atoms with Gasteiger partial charge in [-0.2, -0.15) is 5.10 Å². The summed E-state index contributed by atoms with van der Waals surface area (Å²) < 4.78 is 1.45. The number of benzene rings is 1. The van der Waals surface area contributed by atoms with Gasteiger partial charge in [-0.05, 0) is 32.8 Å². The number of carbonyl (C=O) groups excluding carboxylic acids is 1. The fourth-order valence-electron chi connectivity index (χ4n) is 3.96. The summed E-state index contributed by atoms with van der Waals surface area (Å²) in [7, 11) is 0. The lowest BCUT2D eigenvalue weighted by Crippen LogP contribution is -2.26. The van der Waals surface area contributed by atoms with Crippen LogP contribution in [0.5, 0.6) is 0 Å². The van der Waals surface area contributed by atoms with Gasteiger partial charge < -0.3 is 0 Å². The molecular formula is C24H27N5O2. The Kier molecular flexibility index (Phi) is 6.21. The van der Waals surface area contributed by atoms with Crippen LogP contribution in [0.1, 0.15) is 52.0 Å². The minimum Gasteiger partial charge on any atom is -0.294 e. The molecule has 1 amide bonds. The van der Waals surface area contributed by atoms with Gasteiger partial charge in [0, 0.05) is 29.3 Å². The van der Waals surface area contributed by atoms with Crippen molar-refractivity contribution in [2.75, 3.05) is 5.32 Å². The molecule has 0 spiro atoms. The summed E-state index contributed by atoms with van der Waals surface area (Å²) in [6.45, 7) is 3.83. The van der Waals surface area contributed by atoms with Gasteiger partial charge in [-0.3, -0.25) is 14.9 Å². The summed E-state index contributed by atoms with van der Waals surface area (Å²) in [5, 5.41) is 7.43. The Labute approximate surface area is 181 Å². The number of aromatic nitrogens is 4. The number of rotatable bonds is 5. The molecule has 1 aromatic carbocycles. The van der Waals surface area contributed by atoms with Crippen LogP contribution >= 0.6 is 0 Å². The van der Waals surface area contributed by atoms with Crippen LogP contribution in [-0.2, 0) is 4.79 Å². The van der Waals surface area contributed by atoms with Crippen molar-refractivity contribution in [2.45, 2.75) is 52.0 Å². The maximum Gasteiger partial charge on any atom is 0.267 e. The number of nitrogens with zero attached hydrogens (tertiary/aromatic N) is 4. The highest BCUT2D eigenvalue weighted by atomic mass is 16.2. The highest BCUT2D eigenvalue weighted by molar-refractivity contribution is 5.91. The molecule has 2 heterocycles. The van der Waals surface area contributed by atoms with E-state index < -0.39 is 0 Å². The van der Waals surface area contributed by atoms with Crippen LogP contribution in [0.2, 0.25) is 0 Å². The minimum absolute atomic E-state index is 0.0158. The maximum absolute atomic E-state index is 12.7. The van der Waals surface area contributed by atoms with Gasteiger partial charge in [0.05, 0.1) is 17.4 Å². The van der Waals surface area contributed by atoms with E-state index in [0.29, 0.717) is 17.0 Å². The number of nitrogens with one attached hydrogen (secondary N) is 1. The highest BCUT2D eigenvalue weighted by Gasteiger charge is 2.22. The van der Waals surface area contributed by atoms with E-state index in [1.807, 2.05) is 44.2 Å². The average Bonchev–Trinajstić information content (AvgIpc) is 2.80. The Bertz CT molecular complexity index is 1120. The molecule has 2 aromatic heterocycles.